The van der Waals surface area contributed by atoms with E-state index in [-0.39, 0.29) is 17.9 Å². The van der Waals surface area contributed by atoms with Gasteiger partial charge in [-0.1, -0.05) is 0 Å². The highest BCUT2D eigenvalue weighted by Crippen LogP contribution is 2.12. The fourth-order valence-corrected chi connectivity index (χ4v) is 1.49. The highest BCUT2D eigenvalue weighted by atomic mass is 19.1. The van der Waals surface area contributed by atoms with Gasteiger partial charge in [0.1, 0.15) is 5.82 Å². The van der Waals surface area contributed by atoms with Gasteiger partial charge < -0.3 is 16.0 Å². The van der Waals surface area contributed by atoms with Crippen LogP contribution in [0.2, 0.25) is 0 Å². The molecule has 1 aromatic heterocycles. The first kappa shape index (κ1) is 15.1. The molecule has 0 unspecified atom stereocenters. The molecule has 19 heavy (non-hydrogen) atoms. The van der Waals surface area contributed by atoms with Crippen molar-refractivity contribution in [3.8, 4) is 0 Å². The van der Waals surface area contributed by atoms with Gasteiger partial charge in [0.05, 0.1) is 5.69 Å². The van der Waals surface area contributed by atoms with E-state index in [1.54, 1.807) is 13.8 Å². The van der Waals surface area contributed by atoms with Crippen LogP contribution in [-0.2, 0) is 0 Å². The number of anilines is 1. The molecule has 1 rings (SSSR count). The molecule has 3 N–H and O–H groups in total. The number of aromatic nitrogens is 2. The van der Waals surface area contributed by atoms with Gasteiger partial charge in [0.2, 0.25) is 0 Å². The van der Waals surface area contributed by atoms with Gasteiger partial charge in [-0.2, -0.15) is 0 Å². The lowest BCUT2D eigenvalue weighted by molar-refractivity contribution is 0.239. The number of urea groups is 1. The first-order valence-corrected chi connectivity index (χ1v) is 6.19. The van der Waals surface area contributed by atoms with E-state index < -0.39 is 5.82 Å². The smallest absolute Gasteiger partial charge is 0.315 e. The molecule has 6 nitrogen and oxygen atoms in total. The summed E-state index contributed by atoms with van der Waals surface area (Å²) in [6.07, 6.45) is 0. The first-order valence-electron chi connectivity index (χ1n) is 6.19. The van der Waals surface area contributed by atoms with E-state index >= 15 is 0 Å². The summed E-state index contributed by atoms with van der Waals surface area (Å²) in [5.74, 6) is 0.209. The zero-order valence-corrected chi connectivity index (χ0v) is 11.7. The topological polar surface area (TPSA) is 78.9 Å². The SMILES string of the molecule is Cc1nc(C)c(F)c(NCCNC(=O)NC(C)C)n1. The second-order valence-corrected chi connectivity index (χ2v) is 4.50. The number of carbonyl (C=O) groups excluding carboxylic acids is 1. The summed E-state index contributed by atoms with van der Waals surface area (Å²) in [4.78, 5) is 19.2. The Kier molecular flexibility index (Phi) is 5.47. The van der Waals surface area contributed by atoms with Crippen LogP contribution in [-0.4, -0.2) is 35.1 Å². The minimum absolute atomic E-state index is 0.0811. The van der Waals surface area contributed by atoms with Crippen molar-refractivity contribution in [1.29, 1.82) is 0 Å². The Morgan fingerprint density at radius 2 is 1.95 bits per heavy atom. The summed E-state index contributed by atoms with van der Waals surface area (Å²) in [7, 11) is 0. The van der Waals surface area contributed by atoms with Crippen molar-refractivity contribution in [3.05, 3.63) is 17.3 Å². The third-order valence-corrected chi connectivity index (χ3v) is 2.25. The summed E-state index contributed by atoms with van der Waals surface area (Å²) >= 11 is 0. The van der Waals surface area contributed by atoms with E-state index in [9.17, 15) is 9.18 Å². The summed E-state index contributed by atoms with van der Waals surface area (Å²) < 4.78 is 13.7. The number of nitrogens with zero attached hydrogens (tertiary/aromatic N) is 2. The number of hydrogen-bond donors (Lipinski definition) is 3. The molecular formula is C12H20FN5O. The largest absolute Gasteiger partial charge is 0.366 e. The quantitative estimate of drug-likeness (QED) is 0.705. The molecule has 0 atom stereocenters. The molecule has 2 amide bonds. The third kappa shape index (κ3) is 5.07. The lowest BCUT2D eigenvalue weighted by Crippen LogP contribution is -2.41. The molecule has 0 aliphatic carbocycles. The Labute approximate surface area is 112 Å². The van der Waals surface area contributed by atoms with Gasteiger partial charge in [-0.05, 0) is 27.7 Å². The lowest BCUT2D eigenvalue weighted by Gasteiger charge is -2.11. The fourth-order valence-electron chi connectivity index (χ4n) is 1.49. The average Bonchev–Trinajstić information content (AvgIpc) is 2.29. The van der Waals surface area contributed by atoms with E-state index in [0.29, 0.717) is 24.6 Å². The number of carbonyl (C=O) groups is 1. The number of halogens is 1. The van der Waals surface area contributed by atoms with Crippen molar-refractivity contribution < 1.29 is 9.18 Å². The number of nitrogens with one attached hydrogen (secondary N) is 3. The van der Waals surface area contributed by atoms with Crippen molar-refractivity contribution in [1.82, 2.24) is 20.6 Å². The standard InChI is InChI=1S/C12H20FN5O/c1-7(2)16-12(19)15-6-5-14-11-10(13)8(3)17-9(4)18-11/h7H,5-6H2,1-4H3,(H,14,17,18)(H2,15,16,19). The Hall–Kier alpha value is -1.92. The van der Waals surface area contributed by atoms with E-state index in [0.717, 1.165) is 0 Å². The van der Waals surface area contributed by atoms with Gasteiger partial charge >= 0.3 is 6.03 Å². The maximum absolute atomic E-state index is 13.7. The molecule has 7 heteroatoms. The minimum atomic E-state index is -0.461. The maximum Gasteiger partial charge on any atom is 0.315 e. The van der Waals surface area contributed by atoms with Crippen LogP contribution in [0.25, 0.3) is 0 Å². The first-order chi connectivity index (χ1) is 8.90. The second kappa shape index (κ2) is 6.86. The van der Waals surface area contributed by atoms with Crippen molar-refractivity contribution in [2.45, 2.75) is 33.7 Å². The van der Waals surface area contributed by atoms with Gasteiger partial charge in [0.15, 0.2) is 11.6 Å². The van der Waals surface area contributed by atoms with Crippen LogP contribution in [0, 0.1) is 19.7 Å². The van der Waals surface area contributed by atoms with E-state index in [1.807, 2.05) is 13.8 Å². The molecular weight excluding hydrogens is 249 g/mol. The minimum Gasteiger partial charge on any atom is -0.366 e. The maximum atomic E-state index is 13.7. The Morgan fingerprint density at radius 1 is 1.26 bits per heavy atom. The predicted molar refractivity (Wildman–Crippen MR) is 71.6 cm³/mol. The Bertz CT molecular complexity index is 450. The number of aryl methyl sites for hydroxylation is 2. The molecule has 0 aliphatic heterocycles. The molecule has 106 valence electrons. The van der Waals surface area contributed by atoms with Gasteiger partial charge in [-0.25, -0.2) is 19.2 Å². The zero-order chi connectivity index (χ0) is 14.4. The molecule has 1 heterocycles. The fraction of sp³-hybridized carbons (Fsp3) is 0.583. The highest BCUT2D eigenvalue weighted by Gasteiger charge is 2.09. The van der Waals surface area contributed by atoms with E-state index in [2.05, 4.69) is 25.9 Å². The summed E-state index contributed by atoms with van der Waals surface area (Å²) in [6.45, 7) is 7.80. The zero-order valence-electron chi connectivity index (χ0n) is 11.7. The molecule has 0 radical (unpaired) electrons. The van der Waals surface area contributed by atoms with Crippen molar-refractivity contribution in [3.63, 3.8) is 0 Å². The Morgan fingerprint density at radius 3 is 2.58 bits per heavy atom. The average molecular weight is 269 g/mol. The molecule has 0 saturated heterocycles. The lowest BCUT2D eigenvalue weighted by atomic mass is 10.4. The molecule has 0 aromatic carbocycles. The van der Waals surface area contributed by atoms with E-state index in [4.69, 9.17) is 0 Å². The summed E-state index contributed by atoms with van der Waals surface area (Å²) in [5.41, 5.74) is 0.306. The van der Waals surface area contributed by atoms with Crippen LogP contribution in [0.5, 0.6) is 0 Å². The van der Waals surface area contributed by atoms with Crippen LogP contribution < -0.4 is 16.0 Å². The summed E-state index contributed by atoms with van der Waals surface area (Å²) in [5, 5.41) is 8.18. The van der Waals surface area contributed by atoms with Crippen molar-refractivity contribution in [2.24, 2.45) is 0 Å². The summed E-state index contributed by atoms with van der Waals surface area (Å²) in [6, 6.07) is -0.162. The molecule has 0 aliphatic rings. The molecule has 0 saturated carbocycles. The van der Waals surface area contributed by atoms with Crippen LogP contribution in [0.15, 0.2) is 0 Å². The molecule has 0 bridgehead atoms. The van der Waals surface area contributed by atoms with Gasteiger partial charge in [0.25, 0.3) is 0 Å². The predicted octanol–water partition coefficient (Wildman–Crippen LogP) is 1.35. The normalized spacial score (nSPS) is 10.4. The van der Waals surface area contributed by atoms with Crippen LogP contribution in [0.1, 0.15) is 25.4 Å². The number of amides is 2. The van der Waals surface area contributed by atoms with Gasteiger partial charge in [0, 0.05) is 19.1 Å². The Balaban J connectivity index is 2.40. The molecule has 0 fully saturated rings. The van der Waals surface area contributed by atoms with Crippen molar-refractivity contribution >= 4 is 11.8 Å². The van der Waals surface area contributed by atoms with Crippen LogP contribution in [0.4, 0.5) is 15.0 Å². The van der Waals surface area contributed by atoms with Crippen molar-refractivity contribution in [2.75, 3.05) is 18.4 Å². The van der Waals surface area contributed by atoms with E-state index in [1.165, 1.54) is 0 Å². The molecule has 0 spiro atoms. The highest BCUT2D eigenvalue weighted by molar-refractivity contribution is 5.74. The van der Waals surface area contributed by atoms with Crippen LogP contribution >= 0.6 is 0 Å². The monoisotopic (exact) mass is 269 g/mol. The third-order valence-electron chi connectivity index (χ3n) is 2.25. The molecule has 1 aromatic rings. The number of rotatable bonds is 5. The van der Waals surface area contributed by atoms with Crippen LogP contribution in [0.3, 0.4) is 0 Å². The van der Waals surface area contributed by atoms with Gasteiger partial charge in [-0.15, -0.1) is 0 Å². The van der Waals surface area contributed by atoms with Gasteiger partial charge in [-0.3, -0.25) is 0 Å². The second-order valence-electron chi connectivity index (χ2n) is 4.50. The number of hydrogen-bond acceptors (Lipinski definition) is 4.